The first-order chi connectivity index (χ1) is 11.7. The van der Waals surface area contributed by atoms with Crippen molar-refractivity contribution in [1.82, 2.24) is 9.78 Å². The number of halogens is 1. The van der Waals surface area contributed by atoms with Crippen LogP contribution in [0.25, 0.3) is 0 Å². The zero-order chi connectivity index (χ0) is 18.6. The van der Waals surface area contributed by atoms with Crippen molar-refractivity contribution in [1.29, 1.82) is 0 Å². The van der Waals surface area contributed by atoms with Crippen LogP contribution in [0, 0.1) is 0 Å². The molecule has 0 unspecified atom stereocenters. The van der Waals surface area contributed by atoms with Gasteiger partial charge < -0.3 is 9.47 Å². The molecule has 0 radical (unpaired) electrons. The molecule has 0 spiro atoms. The van der Waals surface area contributed by atoms with Gasteiger partial charge >= 0.3 is 5.97 Å². The van der Waals surface area contributed by atoms with Gasteiger partial charge in [0.2, 0.25) is 0 Å². The Morgan fingerprint density at radius 3 is 2.44 bits per heavy atom. The Kier molecular flexibility index (Phi) is 5.85. The largest absolute Gasteiger partial charge is 0.469 e. The van der Waals surface area contributed by atoms with Crippen LogP contribution in [0.15, 0.2) is 35.3 Å². The highest BCUT2D eigenvalue weighted by Gasteiger charge is 2.20. The maximum atomic E-state index is 12.3. The second kappa shape index (κ2) is 7.70. The third-order valence-corrected chi connectivity index (χ3v) is 3.87. The molecule has 1 heterocycles. The summed E-state index contributed by atoms with van der Waals surface area (Å²) in [7, 11) is 1.37. The van der Waals surface area contributed by atoms with Gasteiger partial charge in [-0.15, -0.1) is 0 Å². The Morgan fingerprint density at radius 2 is 1.88 bits per heavy atom. The second-order valence-corrected chi connectivity index (χ2v) is 6.91. The van der Waals surface area contributed by atoms with E-state index in [1.807, 2.05) is 32.9 Å². The van der Waals surface area contributed by atoms with E-state index in [1.54, 1.807) is 12.1 Å². The lowest BCUT2D eigenvalue weighted by molar-refractivity contribution is -0.140. The summed E-state index contributed by atoms with van der Waals surface area (Å²) < 4.78 is 11.6. The van der Waals surface area contributed by atoms with Crippen LogP contribution >= 0.6 is 11.6 Å². The minimum atomic E-state index is -0.472. The lowest BCUT2D eigenvalue weighted by atomic mass is 10.1. The van der Waals surface area contributed by atoms with E-state index in [9.17, 15) is 9.59 Å². The predicted molar refractivity (Wildman–Crippen MR) is 95.4 cm³/mol. The highest BCUT2D eigenvalue weighted by Crippen LogP contribution is 2.27. The topological polar surface area (TPSA) is 70.4 Å². The average Bonchev–Trinajstić information content (AvgIpc) is 2.57. The fraction of sp³-hybridized carbons (Fsp3) is 0.389. The van der Waals surface area contributed by atoms with E-state index in [4.69, 9.17) is 16.3 Å². The van der Waals surface area contributed by atoms with Crippen LogP contribution in [0.1, 0.15) is 32.8 Å². The normalized spacial score (nSPS) is 11.2. The number of hydrogen-bond acceptors (Lipinski definition) is 5. The molecule has 0 amide bonds. The summed E-state index contributed by atoms with van der Waals surface area (Å²) in [5.74, 6) is 0.477. The van der Waals surface area contributed by atoms with Crippen LogP contribution in [0.4, 0.5) is 0 Å². The van der Waals surface area contributed by atoms with E-state index < -0.39 is 11.1 Å². The van der Waals surface area contributed by atoms with Gasteiger partial charge in [0.25, 0.3) is 5.56 Å². The van der Waals surface area contributed by atoms with E-state index in [0.29, 0.717) is 18.6 Å². The van der Waals surface area contributed by atoms with Gasteiger partial charge in [-0.2, -0.15) is 5.10 Å². The summed E-state index contributed by atoms with van der Waals surface area (Å²) in [4.78, 5) is 23.5. The van der Waals surface area contributed by atoms with Crippen molar-refractivity contribution in [2.75, 3.05) is 7.11 Å². The first kappa shape index (κ1) is 19.0. The molecule has 0 aliphatic heterocycles. The predicted octanol–water partition coefficient (Wildman–Crippen LogP) is 3.55. The summed E-state index contributed by atoms with van der Waals surface area (Å²) >= 11 is 6.14. The number of benzene rings is 1. The van der Waals surface area contributed by atoms with Crippen molar-refractivity contribution in [3.05, 3.63) is 51.4 Å². The number of esters is 1. The van der Waals surface area contributed by atoms with Crippen molar-refractivity contribution in [2.45, 2.75) is 39.2 Å². The first-order valence-electron chi connectivity index (χ1n) is 7.84. The molecule has 0 aliphatic carbocycles. The summed E-state index contributed by atoms with van der Waals surface area (Å²) in [5, 5.41) is 4.11. The summed E-state index contributed by atoms with van der Waals surface area (Å²) in [6, 6.07) is 7.18. The molecule has 25 heavy (non-hydrogen) atoms. The minimum absolute atomic E-state index is 0.0142. The van der Waals surface area contributed by atoms with Crippen LogP contribution in [0.3, 0.4) is 0 Å². The Balaban J connectivity index is 2.14. The number of aromatic nitrogens is 2. The zero-order valence-electron chi connectivity index (χ0n) is 14.7. The molecule has 2 rings (SSSR count). The highest BCUT2D eigenvalue weighted by molar-refractivity contribution is 6.31. The van der Waals surface area contributed by atoms with E-state index >= 15 is 0 Å². The SMILES string of the molecule is COC(=O)CCc1ccc(Oc2cnn(C(C)(C)C)c(=O)c2Cl)cc1. The number of methoxy groups -OCH3 is 1. The monoisotopic (exact) mass is 364 g/mol. The quantitative estimate of drug-likeness (QED) is 0.759. The summed E-state index contributed by atoms with van der Waals surface area (Å²) in [6.45, 7) is 5.60. The number of ether oxygens (including phenoxy) is 2. The molecule has 0 fully saturated rings. The van der Waals surface area contributed by atoms with Crippen LogP contribution < -0.4 is 10.3 Å². The van der Waals surface area contributed by atoms with Crippen molar-refractivity contribution < 1.29 is 14.3 Å². The lowest BCUT2D eigenvalue weighted by Gasteiger charge is -2.21. The maximum absolute atomic E-state index is 12.3. The molecule has 1 aromatic heterocycles. The molecule has 0 saturated heterocycles. The van der Waals surface area contributed by atoms with Crippen molar-refractivity contribution in [3.8, 4) is 11.5 Å². The molecular formula is C18H21ClN2O4. The fourth-order valence-corrected chi connectivity index (χ4v) is 2.33. The number of hydrogen-bond donors (Lipinski definition) is 0. The second-order valence-electron chi connectivity index (χ2n) is 6.53. The third-order valence-electron chi connectivity index (χ3n) is 3.52. The van der Waals surface area contributed by atoms with Gasteiger partial charge in [0.15, 0.2) is 10.8 Å². The number of aryl methyl sites for hydroxylation is 1. The van der Waals surface area contributed by atoms with Gasteiger partial charge in [-0.1, -0.05) is 23.7 Å². The molecule has 0 atom stereocenters. The molecule has 0 bridgehead atoms. The van der Waals surface area contributed by atoms with E-state index in [2.05, 4.69) is 9.84 Å². The van der Waals surface area contributed by atoms with Crippen molar-refractivity contribution in [3.63, 3.8) is 0 Å². The molecular weight excluding hydrogens is 344 g/mol. The van der Waals surface area contributed by atoms with Gasteiger partial charge in [0, 0.05) is 6.42 Å². The smallest absolute Gasteiger partial charge is 0.305 e. The Morgan fingerprint density at radius 1 is 1.24 bits per heavy atom. The standard InChI is InChI=1S/C18H21ClN2O4/c1-18(2,3)21-17(23)16(19)14(11-20-21)25-13-8-5-12(6-9-13)7-10-15(22)24-4/h5-6,8-9,11H,7,10H2,1-4H3. The minimum Gasteiger partial charge on any atom is -0.469 e. The Bertz CT molecular complexity index is 807. The molecule has 7 heteroatoms. The van der Waals surface area contributed by atoms with E-state index in [1.165, 1.54) is 18.0 Å². The average molecular weight is 365 g/mol. The first-order valence-corrected chi connectivity index (χ1v) is 8.22. The van der Waals surface area contributed by atoms with Crippen molar-refractivity contribution in [2.24, 2.45) is 0 Å². The Labute approximate surface area is 151 Å². The Hall–Kier alpha value is -2.34. The van der Waals surface area contributed by atoms with Gasteiger partial charge in [0.05, 0.1) is 18.8 Å². The summed E-state index contributed by atoms with van der Waals surface area (Å²) in [5.41, 5.74) is 0.104. The molecule has 6 nitrogen and oxygen atoms in total. The molecule has 134 valence electrons. The lowest BCUT2D eigenvalue weighted by Crippen LogP contribution is -2.36. The van der Waals surface area contributed by atoms with E-state index in [-0.39, 0.29) is 16.7 Å². The van der Waals surface area contributed by atoms with Crippen molar-refractivity contribution >= 4 is 17.6 Å². The zero-order valence-corrected chi connectivity index (χ0v) is 15.5. The summed E-state index contributed by atoms with van der Waals surface area (Å²) in [6.07, 6.45) is 2.33. The molecule has 0 aliphatic rings. The maximum Gasteiger partial charge on any atom is 0.305 e. The van der Waals surface area contributed by atoms with Gasteiger partial charge in [-0.25, -0.2) is 4.68 Å². The van der Waals surface area contributed by atoms with Crippen LogP contribution in [0.2, 0.25) is 5.02 Å². The number of nitrogens with zero attached hydrogens (tertiary/aromatic N) is 2. The van der Waals surface area contributed by atoms with Gasteiger partial charge in [0.1, 0.15) is 5.75 Å². The number of carbonyl (C=O) groups excluding carboxylic acids is 1. The van der Waals surface area contributed by atoms with Gasteiger partial charge in [-0.3, -0.25) is 9.59 Å². The third kappa shape index (κ3) is 4.82. The van der Waals surface area contributed by atoms with Crippen LogP contribution in [0.5, 0.6) is 11.5 Å². The fourth-order valence-electron chi connectivity index (χ4n) is 2.17. The molecule has 1 aromatic carbocycles. The number of carbonyl (C=O) groups is 1. The molecule has 2 aromatic rings. The highest BCUT2D eigenvalue weighted by atomic mass is 35.5. The van der Waals surface area contributed by atoms with Crippen LogP contribution in [-0.2, 0) is 21.5 Å². The van der Waals surface area contributed by atoms with Crippen LogP contribution in [-0.4, -0.2) is 22.9 Å². The molecule has 0 N–H and O–H groups in total. The molecule has 0 saturated carbocycles. The number of rotatable bonds is 5. The van der Waals surface area contributed by atoms with E-state index in [0.717, 1.165) is 5.56 Å². The van der Waals surface area contributed by atoms with Gasteiger partial charge in [-0.05, 0) is 44.9 Å².